The summed E-state index contributed by atoms with van der Waals surface area (Å²) in [5.74, 6) is -32.8. The van der Waals surface area contributed by atoms with Crippen LogP contribution in [0.3, 0.4) is 0 Å². The van der Waals surface area contributed by atoms with Gasteiger partial charge in [-0.2, -0.15) is 35.1 Å². The number of aryl methyl sites for hydroxylation is 2. The van der Waals surface area contributed by atoms with E-state index in [2.05, 4.69) is 9.97 Å². The Hall–Kier alpha value is -3.40. The van der Waals surface area contributed by atoms with Crippen LogP contribution >= 0.6 is 22.7 Å². The van der Waals surface area contributed by atoms with Crippen LogP contribution in [0.1, 0.15) is 11.1 Å². The zero-order valence-corrected chi connectivity index (χ0v) is 20.6. The fourth-order valence-corrected chi connectivity index (χ4v) is 5.12. The van der Waals surface area contributed by atoms with Gasteiger partial charge < -0.3 is 0 Å². The third kappa shape index (κ3) is 4.44. The largest absolute Gasteiger partial charge is 0.393 e. The number of anilines is 2. The van der Waals surface area contributed by atoms with Crippen molar-refractivity contribution in [1.82, 2.24) is 9.97 Å². The summed E-state index contributed by atoms with van der Waals surface area (Å²) in [5, 5.41) is 1.20. The standard InChI is InChI=1S/C22H14F8N4O2S2/c1-9-3-5-11-13(7-9)37-17(31-11)33-15(35)19(23,24)21(27,28)22(29,30)20(25,26)16(36)34-18-32-12-6-4-10(2)8-14(12)38-18/h3-8H,1-2H3,(H,31,33,35)(H,32,34,36). The number of nitrogens with zero attached hydrogens (tertiary/aromatic N) is 2. The molecule has 38 heavy (non-hydrogen) atoms. The molecule has 4 rings (SSSR count). The number of rotatable bonds is 7. The molecular weight excluding hydrogens is 568 g/mol. The molecule has 0 unspecified atom stereocenters. The van der Waals surface area contributed by atoms with E-state index in [0.717, 1.165) is 0 Å². The first-order chi connectivity index (χ1) is 17.5. The van der Waals surface area contributed by atoms with Crippen LogP contribution in [-0.2, 0) is 9.59 Å². The molecule has 6 nitrogen and oxygen atoms in total. The molecule has 202 valence electrons. The monoisotopic (exact) mass is 582 g/mol. The van der Waals surface area contributed by atoms with Gasteiger partial charge in [-0.15, -0.1) is 0 Å². The van der Waals surface area contributed by atoms with Gasteiger partial charge in [0.25, 0.3) is 0 Å². The molecule has 2 aromatic heterocycles. The van der Waals surface area contributed by atoms with E-state index in [1.54, 1.807) is 26.0 Å². The van der Waals surface area contributed by atoms with E-state index in [-0.39, 0.29) is 11.0 Å². The molecule has 16 heteroatoms. The highest BCUT2D eigenvalue weighted by atomic mass is 32.1. The van der Waals surface area contributed by atoms with Gasteiger partial charge in [0.1, 0.15) is 0 Å². The highest BCUT2D eigenvalue weighted by molar-refractivity contribution is 7.22. The van der Waals surface area contributed by atoms with Crippen molar-refractivity contribution in [3.8, 4) is 0 Å². The molecule has 2 N–H and O–H groups in total. The van der Waals surface area contributed by atoms with Gasteiger partial charge in [0.2, 0.25) is 0 Å². The summed E-state index contributed by atoms with van der Waals surface area (Å²) in [6.45, 7) is 3.34. The van der Waals surface area contributed by atoms with Gasteiger partial charge in [-0.25, -0.2) is 9.97 Å². The average molecular weight is 582 g/mol. The smallest absolute Gasteiger partial charge is 0.296 e. The quantitative estimate of drug-likeness (QED) is 0.239. The van der Waals surface area contributed by atoms with E-state index < -0.39 is 45.8 Å². The lowest BCUT2D eigenvalue weighted by Crippen LogP contribution is -2.67. The molecule has 0 aliphatic carbocycles. The van der Waals surface area contributed by atoms with E-state index in [0.29, 0.717) is 43.2 Å². The van der Waals surface area contributed by atoms with Crippen molar-refractivity contribution in [2.45, 2.75) is 37.5 Å². The van der Waals surface area contributed by atoms with E-state index in [1.165, 1.54) is 34.9 Å². The van der Waals surface area contributed by atoms with Gasteiger partial charge in [0.05, 0.1) is 20.4 Å². The fraction of sp³-hybridized carbons (Fsp3) is 0.273. The van der Waals surface area contributed by atoms with Crippen LogP contribution in [0.2, 0.25) is 0 Å². The molecule has 2 aromatic carbocycles. The minimum Gasteiger partial charge on any atom is -0.296 e. The Balaban J connectivity index is 1.57. The third-order valence-electron chi connectivity index (χ3n) is 5.28. The molecule has 0 atom stereocenters. The van der Waals surface area contributed by atoms with Gasteiger partial charge in [-0.05, 0) is 49.2 Å². The van der Waals surface area contributed by atoms with Crippen molar-refractivity contribution >= 4 is 65.2 Å². The Morgan fingerprint density at radius 2 is 1.00 bits per heavy atom. The number of halogens is 8. The molecule has 0 saturated carbocycles. The number of amides is 2. The summed E-state index contributed by atoms with van der Waals surface area (Å²) in [4.78, 5) is 31.3. The molecule has 0 aliphatic heterocycles. The predicted octanol–water partition coefficient (Wildman–Crippen LogP) is 6.64. The summed E-state index contributed by atoms with van der Waals surface area (Å²) in [6.07, 6.45) is 0. The Labute approximate surface area is 215 Å². The fourth-order valence-electron chi connectivity index (χ4n) is 3.20. The SMILES string of the molecule is Cc1ccc2nc(NC(=O)C(F)(F)C(F)(F)C(F)(F)C(F)(F)C(=O)Nc3nc4ccc(C)cc4s3)sc2c1. The van der Waals surface area contributed by atoms with E-state index in [9.17, 15) is 44.7 Å². The number of fused-ring (bicyclic) bond motifs is 2. The highest BCUT2D eigenvalue weighted by Crippen LogP contribution is 2.53. The normalized spacial score (nSPS) is 13.2. The zero-order valence-electron chi connectivity index (χ0n) is 19.0. The van der Waals surface area contributed by atoms with Gasteiger partial charge in [-0.3, -0.25) is 20.2 Å². The number of carbonyl (C=O) groups is 2. The molecule has 0 fully saturated rings. The lowest BCUT2D eigenvalue weighted by atomic mass is 9.97. The Morgan fingerprint density at radius 1 is 0.658 bits per heavy atom. The Morgan fingerprint density at radius 3 is 1.34 bits per heavy atom. The van der Waals surface area contributed by atoms with Crippen molar-refractivity contribution in [2.24, 2.45) is 0 Å². The number of nitrogens with one attached hydrogen (secondary N) is 2. The van der Waals surface area contributed by atoms with Crippen molar-refractivity contribution in [3.05, 3.63) is 47.5 Å². The van der Waals surface area contributed by atoms with Crippen LogP contribution in [0.25, 0.3) is 20.4 Å². The second-order valence-electron chi connectivity index (χ2n) is 8.19. The number of alkyl halides is 8. The van der Waals surface area contributed by atoms with E-state index in [1.807, 2.05) is 0 Å². The number of hydrogen-bond donors (Lipinski definition) is 2. The summed E-state index contributed by atoms with van der Waals surface area (Å²) in [6, 6.07) is 9.02. The molecule has 2 heterocycles. The molecule has 0 aliphatic rings. The van der Waals surface area contributed by atoms with Crippen LogP contribution in [-0.4, -0.2) is 45.5 Å². The van der Waals surface area contributed by atoms with Crippen molar-refractivity contribution in [1.29, 1.82) is 0 Å². The molecule has 4 aromatic rings. The van der Waals surface area contributed by atoms with Crippen LogP contribution < -0.4 is 10.6 Å². The second-order valence-corrected chi connectivity index (χ2v) is 10.2. The number of aromatic nitrogens is 2. The lowest BCUT2D eigenvalue weighted by Gasteiger charge is -2.35. The molecule has 2 amide bonds. The zero-order chi connectivity index (χ0) is 28.3. The van der Waals surface area contributed by atoms with Crippen molar-refractivity contribution in [3.63, 3.8) is 0 Å². The van der Waals surface area contributed by atoms with E-state index >= 15 is 0 Å². The van der Waals surface area contributed by atoms with Gasteiger partial charge in [0, 0.05) is 0 Å². The number of thiazole rings is 2. The third-order valence-corrected chi connectivity index (χ3v) is 7.15. The summed E-state index contributed by atoms with van der Waals surface area (Å²) >= 11 is 1.12. The van der Waals surface area contributed by atoms with Crippen LogP contribution in [0.15, 0.2) is 36.4 Å². The van der Waals surface area contributed by atoms with Crippen LogP contribution in [0, 0.1) is 13.8 Å². The highest BCUT2D eigenvalue weighted by Gasteiger charge is 2.84. The summed E-state index contributed by atoms with van der Waals surface area (Å²) in [7, 11) is 0. The second kappa shape index (κ2) is 9.11. The number of hydrogen-bond acceptors (Lipinski definition) is 6. The minimum atomic E-state index is -7.01. The van der Waals surface area contributed by atoms with Gasteiger partial charge >= 0.3 is 35.5 Å². The molecule has 0 bridgehead atoms. The lowest BCUT2D eigenvalue weighted by molar-refractivity contribution is -0.345. The maximum Gasteiger partial charge on any atom is 0.393 e. The predicted molar refractivity (Wildman–Crippen MR) is 126 cm³/mol. The Bertz CT molecular complexity index is 1450. The first-order valence-corrected chi connectivity index (χ1v) is 12.0. The first-order valence-electron chi connectivity index (χ1n) is 10.4. The van der Waals surface area contributed by atoms with Crippen molar-refractivity contribution in [2.75, 3.05) is 10.6 Å². The number of benzene rings is 2. The summed E-state index contributed by atoms with van der Waals surface area (Å²) in [5.41, 5.74) is 1.75. The molecule has 0 radical (unpaired) electrons. The van der Waals surface area contributed by atoms with Crippen LogP contribution in [0.5, 0.6) is 0 Å². The van der Waals surface area contributed by atoms with E-state index in [4.69, 9.17) is 0 Å². The maximum absolute atomic E-state index is 14.4. The first kappa shape index (κ1) is 27.6. The maximum atomic E-state index is 14.4. The Kier molecular flexibility index (Phi) is 6.63. The number of carbonyl (C=O) groups excluding carboxylic acids is 2. The van der Waals surface area contributed by atoms with Crippen molar-refractivity contribution < 1.29 is 44.7 Å². The topological polar surface area (TPSA) is 84.0 Å². The van der Waals surface area contributed by atoms with Gasteiger partial charge in [-0.1, -0.05) is 34.8 Å². The van der Waals surface area contributed by atoms with Crippen LogP contribution in [0.4, 0.5) is 45.4 Å². The summed E-state index contributed by atoms with van der Waals surface area (Å²) < 4.78 is 115. The van der Waals surface area contributed by atoms with Gasteiger partial charge in [0.15, 0.2) is 10.3 Å². The minimum absolute atomic E-state index is 0.171. The molecule has 0 spiro atoms. The molecule has 0 saturated heterocycles. The molecular formula is C22H14F8N4O2S2. The average Bonchev–Trinajstić information content (AvgIpc) is 3.40.